The van der Waals surface area contributed by atoms with Crippen molar-refractivity contribution in [1.82, 2.24) is 15.1 Å². The summed E-state index contributed by atoms with van der Waals surface area (Å²) in [6, 6.07) is 3.24. The zero-order valence-corrected chi connectivity index (χ0v) is 13.6. The van der Waals surface area contributed by atoms with Gasteiger partial charge in [-0.2, -0.15) is 5.10 Å². The molecule has 8 heteroatoms. The molecule has 2 aromatic rings. The molecule has 2 rings (SSSR count). The van der Waals surface area contributed by atoms with E-state index in [2.05, 4.69) is 10.4 Å². The summed E-state index contributed by atoms with van der Waals surface area (Å²) in [6.07, 6.45) is 0.825. The zero-order valence-electron chi connectivity index (χ0n) is 12.0. The first-order chi connectivity index (χ1) is 9.90. The average Bonchev–Trinajstić information content (AvgIpc) is 3.04. The van der Waals surface area contributed by atoms with Gasteiger partial charge in [-0.15, -0.1) is 11.3 Å². The Kier molecular flexibility index (Phi) is 5.15. The van der Waals surface area contributed by atoms with E-state index in [4.69, 9.17) is 0 Å². The molecular weight excluding hydrogens is 310 g/mol. The molecule has 0 spiro atoms. The Hall–Kier alpha value is -1.22. The number of nitrogens with one attached hydrogen (secondary N) is 1. The first-order valence-electron chi connectivity index (χ1n) is 6.52. The third kappa shape index (κ3) is 4.13. The monoisotopic (exact) mass is 329 g/mol. The maximum atomic E-state index is 12.0. The molecule has 21 heavy (non-hydrogen) atoms. The van der Waals surface area contributed by atoms with Gasteiger partial charge in [-0.1, -0.05) is 6.07 Å². The number of hydrogen-bond donors (Lipinski definition) is 2. The zero-order chi connectivity index (χ0) is 15.5. The highest BCUT2D eigenvalue weighted by Gasteiger charge is 2.20. The van der Waals surface area contributed by atoms with Crippen molar-refractivity contribution < 1.29 is 13.5 Å². The molecule has 2 N–H and O–H groups in total. The van der Waals surface area contributed by atoms with Crippen molar-refractivity contribution >= 4 is 21.2 Å². The van der Waals surface area contributed by atoms with Gasteiger partial charge in [0.25, 0.3) is 0 Å². The number of nitrogens with zero attached hydrogens (tertiary/aromatic N) is 2. The fourth-order valence-electron chi connectivity index (χ4n) is 1.93. The van der Waals surface area contributed by atoms with Gasteiger partial charge in [0.2, 0.25) is 0 Å². The van der Waals surface area contributed by atoms with Crippen LogP contribution in [0.25, 0.3) is 0 Å². The molecule has 0 radical (unpaired) electrons. The van der Waals surface area contributed by atoms with E-state index in [1.54, 1.807) is 28.4 Å². The van der Waals surface area contributed by atoms with Crippen LogP contribution in [0.2, 0.25) is 0 Å². The van der Waals surface area contributed by atoms with Crippen molar-refractivity contribution in [2.75, 3.05) is 12.3 Å². The second-order valence-electron chi connectivity index (χ2n) is 4.88. The average molecular weight is 329 g/mol. The Balaban J connectivity index is 1.83. The van der Waals surface area contributed by atoms with E-state index in [0.717, 1.165) is 11.3 Å². The van der Waals surface area contributed by atoms with E-state index < -0.39 is 15.9 Å². The molecule has 1 atom stereocenters. The van der Waals surface area contributed by atoms with Gasteiger partial charge in [-0.05, 0) is 18.4 Å². The van der Waals surface area contributed by atoms with Crippen LogP contribution in [0.3, 0.4) is 0 Å². The summed E-state index contributed by atoms with van der Waals surface area (Å²) in [4.78, 5) is 0. The number of rotatable bonds is 7. The van der Waals surface area contributed by atoms with Crippen molar-refractivity contribution in [3.63, 3.8) is 0 Å². The maximum absolute atomic E-state index is 12.0. The number of aryl methyl sites for hydroxylation is 1. The van der Waals surface area contributed by atoms with Crippen LogP contribution in [0.15, 0.2) is 27.9 Å². The minimum absolute atomic E-state index is 0.221. The molecule has 1 unspecified atom stereocenters. The lowest BCUT2D eigenvalue weighted by Crippen LogP contribution is -2.32. The lowest BCUT2D eigenvalue weighted by atomic mass is 10.2. The Morgan fingerprint density at radius 3 is 2.86 bits per heavy atom. The molecule has 0 saturated heterocycles. The smallest absolute Gasteiger partial charge is 0.190 e. The third-order valence-electron chi connectivity index (χ3n) is 3.25. The number of thiophene rings is 1. The summed E-state index contributed by atoms with van der Waals surface area (Å²) in [5.74, 6) is -0.271. The second-order valence-corrected chi connectivity index (χ2v) is 8.09. The normalized spacial score (nSPS) is 13.5. The highest BCUT2D eigenvalue weighted by molar-refractivity contribution is 7.93. The Bertz CT molecular complexity index is 678. The number of sulfone groups is 1. The van der Waals surface area contributed by atoms with Gasteiger partial charge in [0.1, 0.15) is 4.21 Å². The van der Waals surface area contributed by atoms with Crippen molar-refractivity contribution in [2.45, 2.75) is 23.8 Å². The van der Waals surface area contributed by atoms with Crippen LogP contribution in [0.1, 0.15) is 11.3 Å². The van der Waals surface area contributed by atoms with Gasteiger partial charge in [-0.25, -0.2) is 8.42 Å². The summed E-state index contributed by atoms with van der Waals surface area (Å²) in [6.45, 7) is 2.73. The van der Waals surface area contributed by atoms with Gasteiger partial charge < -0.3 is 10.4 Å². The fourth-order valence-corrected chi connectivity index (χ4v) is 4.41. The molecule has 2 heterocycles. The molecular formula is C13H19N3O3S2. The summed E-state index contributed by atoms with van der Waals surface area (Å²) in [7, 11) is -1.54. The lowest BCUT2D eigenvalue weighted by Gasteiger charge is -2.11. The summed E-state index contributed by atoms with van der Waals surface area (Å²) < 4.78 is 26.1. The standard InChI is InChI=1S/C13H19N3O3S2/c1-10-11(7-15-16(10)2)6-14-8-12(17)9-21(18,19)13-4-3-5-20-13/h3-5,7,12,14,17H,6,8-9H2,1-2H3. The maximum Gasteiger partial charge on any atom is 0.190 e. The summed E-state index contributed by atoms with van der Waals surface area (Å²) >= 11 is 1.17. The van der Waals surface area contributed by atoms with Gasteiger partial charge in [0.05, 0.1) is 18.1 Å². The quantitative estimate of drug-likeness (QED) is 0.782. The number of aliphatic hydroxyl groups excluding tert-OH is 1. The molecule has 2 aromatic heterocycles. The molecule has 0 aromatic carbocycles. The van der Waals surface area contributed by atoms with Crippen LogP contribution in [0.4, 0.5) is 0 Å². The molecule has 0 saturated carbocycles. The fraction of sp³-hybridized carbons (Fsp3) is 0.462. The van der Waals surface area contributed by atoms with Crippen LogP contribution in [0, 0.1) is 6.92 Å². The van der Waals surface area contributed by atoms with Crippen LogP contribution >= 0.6 is 11.3 Å². The van der Waals surface area contributed by atoms with Crippen molar-refractivity contribution in [3.05, 3.63) is 35.0 Å². The molecule has 6 nitrogen and oxygen atoms in total. The van der Waals surface area contributed by atoms with E-state index in [1.165, 1.54) is 11.3 Å². The Morgan fingerprint density at radius 2 is 2.29 bits per heavy atom. The SMILES string of the molecule is Cc1c(CNCC(O)CS(=O)(=O)c2cccs2)cnn1C. The number of hydrogen-bond acceptors (Lipinski definition) is 6. The summed E-state index contributed by atoms with van der Waals surface area (Å²) in [5, 5.41) is 18.8. The highest BCUT2D eigenvalue weighted by Crippen LogP contribution is 2.18. The molecule has 0 aliphatic heterocycles. The van der Waals surface area contributed by atoms with E-state index in [9.17, 15) is 13.5 Å². The molecule has 116 valence electrons. The van der Waals surface area contributed by atoms with E-state index in [0.29, 0.717) is 10.8 Å². The van der Waals surface area contributed by atoms with Crippen molar-refractivity contribution in [2.24, 2.45) is 7.05 Å². The van der Waals surface area contributed by atoms with Gasteiger partial charge in [0.15, 0.2) is 9.84 Å². The largest absolute Gasteiger partial charge is 0.391 e. The van der Waals surface area contributed by atoms with Crippen molar-refractivity contribution in [1.29, 1.82) is 0 Å². The van der Waals surface area contributed by atoms with Crippen LogP contribution < -0.4 is 5.32 Å². The third-order valence-corrected chi connectivity index (χ3v) is 6.53. The minimum Gasteiger partial charge on any atom is -0.391 e. The molecule has 0 fully saturated rings. The number of aliphatic hydroxyl groups is 1. The highest BCUT2D eigenvalue weighted by atomic mass is 32.2. The predicted octanol–water partition coefficient (Wildman–Crippen LogP) is 0.714. The molecule has 0 aliphatic carbocycles. The topological polar surface area (TPSA) is 84.2 Å². The van der Waals surface area contributed by atoms with E-state index in [-0.39, 0.29) is 12.3 Å². The van der Waals surface area contributed by atoms with Gasteiger partial charge in [0, 0.05) is 31.4 Å². The molecule has 0 amide bonds. The molecule has 0 bridgehead atoms. The first kappa shape index (κ1) is 16.2. The first-order valence-corrected chi connectivity index (χ1v) is 9.06. The van der Waals surface area contributed by atoms with E-state index in [1.807, 2.05) is 14.0 Å². The predicted molar refractivity (Wildman–Crippen MR) is 82.0 cm³/mol. The number of aromatic nitrogens is 2. The van der Waals surface area contributed by atoms with Gasteiger partial charge >= 0.3 is 0 Å². The summed E-state index contributed by atoms with van der Waals surface area (Å²) in [5.41, 5.74) is 2.08. The van der Waals surface area contributed by atoms with Crippen LogP contribution in [-0.2, 0) is 23.4 Å². The van der Waals surface area contributed by atoms with Crippen LogP contribution in [-0.4, -0.2) is 41.7 Å². The molecule has 0 aliphatic rings. The lowest BCUT2D eigenvalue weighted by molar-refractivity contribution is 0.193. The van der Waals surface area contributed by atoms with Crippen molar-refractivity contribution in [3.8, 4) is 0 Å². The second kappa shape index (κ2) is 6.69. The van der Waals surface area contributed by atoms with E-state index >= 15 is 0 Å². The Labute approximate surface area is 128 Å². The van der Waals surface area contributed by atoms with Gasteiger partial charge in [-0.3, -0.25) is 4.68 Å². The Morgan fingerprint density at radius 1 is 1.52 bits per heavy atom. The minimum atomic E-state index is -3.40. The van der Waals surface area contributed by atoms with Crippen LogP contribution in [0.5, 0.6) is 0 Å².